The van der Waals surface area contributed by atoms with Crippen LogP contribution in [-0.4, -0.2) is 37.6 Å². The van der Waals surface area contributed by atoms with E-state index in [4.69, 9.17) is 22.1 Å². The van der Waals surface area contributed by atoms with Crippen molar-refractivity contribution in [1.29, 1.82) is 0 Å². The van der Waals surface area contributed by atoms with Crippen molar-refractivity contribution < 1.29 is 19.0 Å². The summed E-state index contributed by atoms with van der Waals surface area (Å²) in [6.45, 7) is 2.30. The fourth-order valence-electron chi connectivity index (χ4n) is 3.11. The van der Waals surface area contributed by atoms with Gasteiger partial charge in [-0.05, 0) is 55.5 Å². The molecular formula is C21H16FN3O4S3. The zero-order valence-corrected chi connectivity index (χ0v) is 19.1. The second-order valence-electron chi connectivity index (χ2n) is 6.45. The number of ether oxygens (including phenoxy) is 1. The van der Waals surface area contributed by atoms with Crippen LogP contribution in [0.25, 0.3) is 21.7 Å². The zero-order chi connectivity index (χ0) is 22.8. The number of hydrogen-bond acceptors (Lipinski definition) is 7. The molecule has 1 N–H and O–H groups in total. The van der Waals surface area contributed by atoms with E-state index in [2.05, 4.69) is 4.98 Å². The Morgan fingerprint density at radius 1 is 1.22 bits per heavy atom. The van der Waals surface area contributed by atoms with Gasteiger partial charge in [0, 0.05) is 0 Å². The van der Waals surface area contributed by atoms with Crippen LogP contribution in [0.2, 0.25) is 0 Å². The molecule has 0 saturated carbocycles. The molecule has 4 aromatic rings. The van der Waals surface area contributed by atoms with E-state index in [1.165, 1.54) is 28.8 Å². The number of fused-ring (bicyclic) bond motifs is 1. The molecule has 7 nitrogen and oxygen atoms in total. The van der Waals surface area contributed by atoms with Crippen molar-refractivity contribution >= 4 is 51.6 Å². The number of carbonyl (C=O) groups is 1. The molecule has 32 heavy (non-hydrogen) atoms. The molecule has 0 spiro atoms. The van der Waals surface area contributed by atoms with Crippen molar-refractivity contribution in [3.05, 3.63) is 68.7 Å². The Hall–Kier alpha value is -3.02. The van der Waals surface area contributed by atoms with Crippen molar-refractivity contribution in [2.75, 3.05) is 12.4 Å². The molecule has 0 aliphatic rings. The number of thiazole rings is 1. The van der Waals surface area contributed by atoms with Crippen LogP contribution < -0.4 is 10.3 Å². The Kier molecular flexibility index (Phi) is 6.40. The molecule has 2 heterocycles. The summed E-state index contributed by atoms with van der Waals surface area (Å²) >= 11 is 7.55. The Balaban J connectivity index is 2.02. The highest BCUT2D eigenvalue weighted by molar-refractivity contribution is 7.99. The number of aromatic nitrogens is 3. The molecule has 0 aliphatic carbocycles. The maximum absolute atomic E-state index is 13.5. The minimum absolute atomic E-state index is 0.159. The normalized spacial score (nSPS) is 11.1. The van der Waals surface area contributed by atoms with E-state index in [-0.39, 0.29) is 10.9 Å². The van der Waals surface area contributed by atoms with E-state index in [0.717, 1.165) is 23.1 Å². The fraction of sp³-hybridized carbons (Fsp3) is 0.143. The van der Waals surface area contributed by atoms with Gasteiger partial charge < -0.3 is 9.84 Å². The molecule has 0 unspecified atom stereocenters. The third kappa shape index (κ3) is 4.18. The fourth-order valence-corrected chi connectivity index (χ4v) is 5.12. The number of nitrogens with zero attached hydrogens (tertiary/aromatic N) is 3. The maximum Gasteiger partial charge on any atom is 0.313 e. The molecule has 4 rings (SSSR count). The standard InChI is InChI=1S/C21H16FN3O4S3/c1-2-29-15-6-4-3-5-14(15)25-18-17(32-21(25)30)19(28)24(13-9-7-12(22)8-10-13)20(23-18)31-11-16(26)27/h3-10H,2,11H2,1H3,(H,26,27). The summed E-state index contributed by atoms with van der Waals surface area (Å²) in [5.74, 6) is -1.24. The number of benzene rings is 2. The van der Waals surface area contributed by atoms with Crippen molar-refractivity contribution in [2.24, 2.45) is 0 Å². The van der Waals surface area contributed by atoms with Crippen molar-refractivity contribution in [3.63, 3.8) is 0 Å². The Labute approximate surface area is 194 Å². The second-order valence-corrected chi connectivity index (χ2v) is 9.04. The largest absolute Gasteiger partial charge is 0.492 e. The number of carboxylic acid groups (broad SMARTS) is 1. The predicted molar refractivity (Wildman–Crippen MR) is 125 cm³/mol. The highest BCUT2D eigenvalue weighted by Gasteiger charge is 2.21. The molecule has 0 amide bonds. The van der Waals surface area contributed by atoms with E-state index in [0.29, 0.717) is 38.0 Å². The Morgan fingerprint density at radius 2 is 1.94 bits per heavy atom. The maximum atomic E-state index is 13.5. The van der Waals surface area contributed by atoms with Gasteiger partial charge in [-0.25, -0.2) is 9.37 Å². The van der Waals surface area contributed by atoms with Gasteiger partial charge in [-0.2, -0.15) is 0 Å². The smallest absolute Gasteiger partial charge is 0.313 e. The minimum Gasteiger partial charge on any atom is -0.492 e. The second kappa shape index (κ2) is 9.23. The summed E-state index contributed by atoms with van der Waals surface area (Å²) < 4.78 is 22.8. The van der Waals surface area contributed by atoms with Crippen LogP contribution in [-0.2, 0) is 4.79 Å². The summed E-state index contributed by atoms with van der Waals surface area (Å²) in [6, 6.07) is 12.6. The van der Waals surface area contributed by atoms with E-state index in [1.54, 1.807) is 10.6 Å². The highest BCUT2D eigenvalue weighted by Crippen LogP contribution is 2.31. The van der Waals surface area contributed by atoms with Crippen LogP contribution >= 0.6 is 35.3 Å². The summed E-state index contributed by atoms with van der Waals surface area (Å²) in [4.78, 5) is 29.3. The molecule has 0 aliphatic heterocycles. The number of para-hydroxylation sites is 2. The molecule has 0 radical (unpaired) electrons. The van der Waals surface area contributed by atoms with Crippen LogP contribution in [0.3, 0.4) is 0 Å². The first-order valence-corrected chi connectivity index (χ1v) is 11.6. The Morgan fingerprint density at radius 3 is 2.62 bits per heavy atom. The van der Waals surface area contributed by atoms with Crippen LogP contribution in [0.1, 0.15) is 6.92 Å². The summed E-state index contributed by atoms with van der Waals surface area (Å²) in [5.41, 5.74) is 0.895. The van der Waals surface area contributed by atoms with Gasteiger partial charge in [-0.3, -0.25) is 18.7 Å². The molecule has 2 aromatic heterocycles. The first-order chi connectivity index (χ1) is 15.4. The first-order valence-electron chi connectivity index (χ1n) is 9.42. The van der Waals surface area contributed by atoms with Crippen molar-refractivity contribution in [3.8, 4) is 17.1 Å². The Bertz CT molecular complexity index is 1430. The van der Waals surface area contributed by atoms with Gasteiger partial charge in [0.25, 0.3) is 5.56 Å². The lowest BCUT2D eigenvalue weighted by Gasteiger charge is -2.14. The molecule has 0 fully saturated rings. The van der Waals surface area contributed by atoms with Gasteiger partial charge in [0.1, 0.15) is 16.3 Å². The quantitative estimate of drug-likeness (QED) is 0.229. The van der Waals surface area contributed by atoms with Crippen LogP contribution in [0.4, 0.5) is 4.39 Å². The van der Waals surface area contributed by atoms with Crippen molar-refractivity contribution in [1.82, 2.24) is 14.1 Å². The predicted octanol–water partition coefficient (Wildman–Crippen LogP) is 4.68. The number of hydrogen-bond donors (Lipinski definition) is 1. The number of carboxylic acids is 1. The van der Waals surface area contributed by atoms with Gasteiger partial charge in [0.15, 0.2) is 14.8 Å². The van der Waals surface area contributed by atoms with Crippen LogP contribution in [0.15, 0.2) is 58.5 Å². The lowest BCUT2D eigenvalue weighted by Crippen LogP contribution is -2.22. The summed E-state index contributed by atoms with van der Waals surface area (Å²) in [6.07, 6.45) is 0. The van der Waals surface area contributed by atoms with Gasteiger partial charge >= 0.3 is 5.97 Å². The van der Waals surface area contributed by atoms with Crippen molar-refractivity contribution in [2.45, 2.75) is 12.1 Å². The molecule has 0 atom stereocenters. The first kappa shape index (κ1) is 22.2. The minimum atomic E-state index is -1.06. The summed E-state index contributed by atoms with van der Waals surface area (Å²) in [5, 5.41) is 9.32. The van der Waals surface area contributed by atoms with E-state index in [9.17, 15) is 14.0 Å². The van der Waals surface area contributed by atoms with Gasteiger partial charge in [0.2, 0.25) is 0 Å². The van der Waals surface area contributed by atoms with E-state index >= 15 is 0 Å². The van der Waals surface area contributed by atoms with E-state index in [1.807, 2.05) is 25.1 Å². The average Bonchev–Trinajstić information content (AvgIpc) is 3.10. The molecule has 0 bridgehead atoms. The lowest BCUT2D eigenvalue weighted by atomic mass is 10.3. The van der Waals surface area contributed by atoms with Crippen LogP contribution in [0.5, 0.6) is 5.75 Å². The van der Waals surface area contributed by atoms with Gasteiger partial charge in [-0.1, -0.05) is 35.2 Å². The average molecular weight is 490 g/mol. The number of aliphatic carboxylic acids is 1. The molecule has 0 saturated heterocycles. The monoisotopic (exact) mass is 489 g/mol. The lowest BCUT2D eigenvalue weighted by molar-refractivity contribution is -0.133. The van der Waals surface area contributed by atoms with Gasteiger partial charge in [-0.15, -0.1) is 0 Å². The van der Waals surface area contributed by atoms with Gasteiger partial charge in [0.05, 0.1) is 23.7 Å². The third-order valence-electron chi connectivity index (χ3n) is 4.39. The van der Waals surface area contributed by atoms with E-state index < -0.39 is 17.3 Å². The van der Waals surface area contributed by atoms with Crippen LogP contribution in [0, 0.1) is 9.77 Å². The highest BCUT2D eigenvalue weighted by atomic mass is 32.2. The number of halogens is 1. The summed E-state index contributed by atoms with van der Waals surface area (Å²) in [7, 11) is 0. The number of thioether (sulfide) groups is 1. The molecule has 164 valence electrons. The molecule has 11 heteroatoms. The molecule has 2 aromatic carbocycles. The number of rotatable bonds is 7. The molecular weight excluding hydrogens is 473 g/mol. The SMILES string of the molecule is CCOc1ccccc1-n1c(=S)sc2c(=O)n(-c3ccc(F)cc3)c(SCC(=O)O)nc21. The third-order valence-corrected chi connectivity index (χ3v) is 6.67. The zero-order valence-electron chi connectivity index (χ0n) is 16.6. The topological polar surface area (TPSA) is 86.3 Å².